The Bertz CT molecular complexity index is 804. The number of halogens is 1. The highest BCUT2D eigenvalue weighted by Gasteiger charge is 2.21. The molecule has 0 spiro atoms. The Morgan fingerprint density at radius 3 is 2.80 bits per heavy atom. The second-order valence-electron chi connectivity index (χ2n) is 5.20. The average Bonchev–Trinajstić information content (AvgIpc) is 3.01. The van der Waals surface area contributed by atoms with Crippen LogP contribution in [0.4, 0.5) is 0 Å². The van der Waals surface area contributed by atoms with Gasteiger partial charge < -0.3 is 0 Å². The molecule has 3 aromatic rings. The fourth-order valence-corrected chi connectivity index (χ4v) is 5.25. The number of hydrogen-bond acceptors (Lipinski definition) is 4. The van der Waals surface area contributed by atoms with Gasteiger partial charge in [-0.25, -0.2) is 9.97 Å². The Morgan fingerprint density at radius 2 is 2.00 bits per heavy atom. The highest BCUT2D eigenvalue weighted by atomic mass is 35.5. The van der Waals surface area contributed by atoms with Crippen LogP contribution < -0.4 is 0 Å². The Kier molecular flexibility index (Phi) is 3.05. The zero-order valence-electron chi connectivity index (χ0n) is 11.1. The van der Waals surface area contributed by atoms with Gasteiger partial charge in [-0.05, 0) is 49.1 Å². The summed E-state index contributed by atoms with van der Waals surface area (Å²) in [5.41, 5.74) is 3.71. The van der Waals surface area contributed by atoms with Crippen molar-refractivity contribution in [2.45, 2.75) is 32.6 Å². The van der Waals surface area contributed by atoms with Gasteiger partial charge in [0.1, 0.15) is 9.98 Å². The highest BCUT2D eigenvalue weighted by Crippen LogP contribution is 2.39. The maximum absolute atomic E-state index is 6.47. The molecule has 1 aliphatic rings. The number of fused-ring (bicyclic) bond motifs is 3. The summed E-state index contributed by atoms with van der Waals surface area (Å²) < 4.78 is 0. The first kappa shape index (κ1) is 12.7. The largest absolute Gasteiger partial charge is 0.217 e. The summed E-state index contributed by atoms with van der Waals surface area (Å²) in [5, 5.41) is 5.94. The van der Waals surface area contributed by atoms with Gasteiger partial charge in [-0.3, -0.25) is 0 Å². The highest BCUT2D eigenvalue weighted by molar-refractivity contribution is 7.19. The van der Waals surface area contributed by atoms with Gasteiger partial charge in [0.15, 0.2) is 5.82 Å². The van der Waals surface area contributed by atoms with E-state index in [1.54, 1.807) is 22.7 Å². The number of thiophene rings is 2. The molecule has 0 radical (unpaired) electrons. The number of aromatic nitrogens is 2. The summed E-state index contributed by atoms with van der Waals surface area (Å²) in [6.45, 7) is 2.09. The van der Waals surface area contributed by atoms with Crippen LogP contribution in [0.3, 0.4) is 0 Å². The molecule has 0 saturated carbocycles. The molecule has 0 atom stereocenters. The van der Waals surface area contributed by atoms with Crippen LogP contribution in [0.5, 0.6) is 0 Å². The van der Waals surface area contributed by atoms with E-state index in [1.165, 1.54) is 35.3 Å². The van der Waals surface area contributed by atoms with Crippen LogP contribution in [-0.4, -0.2) is 9.97 Å². The third kappa shape index (κ3) is 1.90. The van der Waals surface area contributed by atoms with Gasteiger partial charge in [-0.15, -0.1) is 11.3 Å². The Hall–Kier alpha value is -0.970. The number of nitrogens with zero attached hydrogens (tertiary/aromatic N) is 2. The number of hydrogen-bond donors (Lipinski definition) is 0. The summed E-state index contributed by atoms with van der Waals surface area (Å²) in [7, 11) is 0. The van der Waals surface area contributed by atoms with Crippen LogP contribution in [0.1, 0.15) is 28.8 Å². The van der Waals surface area contributed by atoms with E-state index in [9.17, 15) is 0 Å². The maximum Gasteiger partial charge on any atom is 0.163 e. The fraction of sp³-hybridized carbons (Fsp3) is 0.333. The molecule has 0 N–H and O–H groups in total. The monoisotopic (exact) mass is 320 g/mol. The second-order valence-corrected chi connectivity index (χ2v) is 7.38. The van der Waals surface area contributed by atoms with E-state index in [0.717, 1.165) is 28.0 Å². The molecule has 3 aromatic heterocycles. The lowest BCUT2D eigenvalue weighted by Crippen LogP contribution is -1.98. The first-order chi connectivity index (χ1) is 9.74. The zero-order valence-corrected chi connectivity index (χ0v) is 13.5. The molecule has 20 heavy (non-hydrogen) atoms. The molecule has 4 rings (SSSR count). The minimum Gasteiger partial charge on any atom is -0.217 e. The minimum atomic E-state index is 0.620. The van der Waals surface area contributed by atoms with Crippen molar-refractivity contribution in [2.24, 2.45) is 0 Å². The third-order valence-corrected chi connectivity index (χ3v) is 6.19. The second kappa shape index (κ2) is 4.79. The molecular weight excluding hydrogens is 308 g/mol. The van der Waals surface area contributed by atoms with Crippen LogP contribution in [0.25, 0.3) is 21.6 Å². The van der Waals surface area contributed by atoms with Gasteiger partial charge in [0, 0.05) is 15.8 Å². The van der Waals surface area contributed by atoms with E-state index in [1.807, 2.05) is 0 Å². The summed E-state index contributed by atoms with van der Waals surface area (Å²) in [5.74, 6) is 0.764. The van der Waals surface area contributed by atoms with Crippen LogP contribution >= 0.6 is 34.3 Å². The molecule has 0 unspecified atom stereocenters. The van der Waals surface area contributed by atoms with Crippen molar-refractivity contribution in [3.05, 3.63) is 31.9 Å². The molecule has 0 aliphatic heterocycles. The van der Waals surface area contributed by atoms with Crippen LogP contribution in [-0.2, 0) is 12.8 Å². The van der Waals surface area contributed by atoms with Crippen LogP contribution in [0, 0.1) is 6.92 Å². The average molecular weight is 321 g/mol. The molecule has 1 aliphatic carbocycles. The van der Waals surface area contributed by atoms with Gasteiger partial charge in [0.2, 0.25) is 0 Å². The smallest absolute Gasteiger partial charge is 0.163 e. The van der Waals surface area contributed by atoms with Crippen molar-refractivity contribution in [3.63, 3.8) is 0 Å². The predicted octanol–water partition coefficient (Wildman–Crippen LogP) is 5.26. The molecule has 5 heteroatoms. The van der Waals surface area contributed by atoms with Crippen LogP contribution in [0.2, 0.25) is 5.15 Å². The van der Waals surface area contributed by atoms with Crippen molar-refractivity contribution in [1.29, 1.82) is 0 Å². The van der Waals surface area contributed by atoms with E-state index in [4.69, 9.17) is 16.6 Å². The van der Waals surface area contributed by atoms with Gasteiger partial charge in [-0.2, -0.15) is 11.3 Å². The van der Waals surface area contributed by atoms with Crippen molar-refractivity contribution in [1.82, 2.24) is 9.97 Å². The number of aryl methyl sites for hydroxylation is 3. The molecule has 3 heterocycles. The Balaban J connectivity index is 1.97. The molecular formula is C15H13ClN2S2. The Labute approximate surface area is 130 Å². The topological polar surface area (TPSA) is 25.8 Å². The molecule has 2 nitrogen and oxygen atoms in total. The molecule has 0 fully saturated rings. The third-order valence-electron chi connectivity index (χ3n) is 3.87. The van der Waals surface area contributed by atoms with E-state index in [2.05, 4.69) is 22.7 Å². The quantitative estimate of drug-likeness (QED) is 0.571. The normalized spacial score (nSPS) is 14.7. The first-order valence-corrected chi connectivity index (χ1v) is 8.88. The van der Waals surface area contributed by atoms with Gasteiger partial charge >= 0.3 is 0 Å². The Morgan fingerprint density at radius 1 is 1.15 bits per heavy atom. The lowest BCUT2D eigenvalue weighted by Gasteiger charge is -2.10. The molecule has 0 amide bonds. The zero-order chi connectivity index (χ0) is 13.7. The van der Waals surface area contributed by atoms with Crippen molar-refractivity contribution < 1.29 is 0 Å². The van der Waals surface area contributed by atoms with Gasteiger partial charge in [-0.1, -0.05) is 11.6 Å². The lowest BCUT2D eigenvalue weighted by molar-refractivity contribution is 0.700. The molecule has 0 bridgehead atoms. The molecule has 102 valence electrons. The minimum absolute atomic E-state index is 0.620. The summed E-state index contributed by atoms with van der Waals surface area (Å²) in [6.07, 6.45) is 4.82. The van der Waals surface area contributed by atoms with Crippen molar-refractivity contribution in [2.75, 3.05) is 0 Å². The van der Waals surface area contributed by atoms with E-state index in [0.29, 0.717) is 5.15 Å². The maximum atomic E-state index is 6.47. The number of rotatable bonds is 1. The summed E-state index contributed by atoms with van der Waals surface area (Å²) in [4.78, 5) is 11.8. The van der Waals surface area contributed by atoms with E-state index < -0.39 is 0 Å². The SMILES string of the molecule is Cc1cscc1-c1nc(Cl)c2c3c(sc2n1)CCCC3. The lowest BCUT2D eigenvalue weighted by atomic mass is 9.97. The van der Waals surface area contributed by atoms with Crippen molar-refractivity contribution in [3.8, 4) is 11.4 Å². The fourth-order valence-electron chi connectivity index (χ4n) is 2.82. The standard InChI is InChI=1S/C15H13ClN2S2/c1-8-6-19-7-10(8)14-17-13(16)12-9-4-2-3-5-11(9)20-15(12)18-14/h6-7H,2-5H2,1H3. The van der Waals surface area contributed by atoms with E-state index in [-0.39, 0.29) is 0 Å². The summed E-state index contributed by atoms with van der Waals surface area (Å²) in [6, 6.07) is 0. The first-order valence-electron chi connectivity index (χ1n) is 6.75. The van der Waals surface area contributed by atoms with Gasteiger partial charge in [0.05, 0.1) is 5.39 Å². The predicted molar refractivity (Wildman–Crippen MR) is 87.1 cm³/mol. The van der Waals surface area contributed by atoms with E-state index >= 15 is 0 Å². The van der Waals surface area contributed by atoms with Gasteiger partial charge in [0.25, 0.3) is 0 Å². The summed E-state index contributed by atoms with van der Waals surface area (Å²) >= 11 is 9.95. The van der Waals surface area contributed by atoms with Crippen LogP contribution in [0.15, 0.2) is 10.8 Å². The molecule has 0 aromatic carbocycles. The van der Waals surface area contributed by atoms with Crippen molar-refractivity contribution >= 4 is 44.5 Å². The molecule has 0 saturated heterocycles.